The van der Waals surface area contributed by atoms with Gasteiger partial charge in [-0.2, -0.15) is 0 Å². The maximum Gasteiger partial charge on any atom is 0.414 e. The molecule has 0 aromatic carbocycles. The van der Waals surface area contributed by atoms with Crippen LogP contribution in [0.3, 0.4) is 0 Å². The van der Waals surface area contributed by atoms with Crippen LogP contribution in [0, 0.1) is 5.92 Å². The minimum absolute atomic E-state index is 0.0309. The lowest BCUT2D eigenvalue weighted by atomic mass is 9.80. The highest BCUT2D eigenvalue weighted by molar-refractivity contribution is 6.27. The summed E-state index contributed by atoms with van der Waals surface area (Å²) in [5.74, 6) is -3.95. The Labute approximate surface area is 162 Å². The molecule has 0 unspecified atom stereocenters. The van der Waals surface area contributed by atoms with Crippen LogP contribution >= 0.6 is 0 Å². The molecule has 0 heterocycles. The fraction of sp³-hybridized carbons (Fsp3) is 0.750. The predicted octanol–water partition coefficient (Wildman–Crippen LogP) is 0.522. The van der Waals surface area contributed by atoms with Gasteiger partial charge in [-0.05, 0) is 45.6 Å². The van der Waals surface area contributed by atoms with Gasteiger partial charge in [0.15, 0.2) is 0 Å². The zero-order valence-electron chi connectivity index (χ0n) is 16.5. The van der Waals surface area contributed by atoms with Crippen molar-refractivity contribution in [3.63, 3.8) is 0 Å². The predicted molar refractivity (Wildman–Crippen MR) is 95.0 cm³/mol. The monoisotopic (exact) mass is 400 g/mol. The Morgan fingerprint density at radius 2 is 1.61 bits per heavy atom. The molecule has 1 rings (SSSR count). The number of aliphatic carboxylic acids is 2. The fourth-order valence-electron chi connectivity index (χ4n) is 3.11. The maximum atomic E-state index is 12.2. The minimum Gasteiger partial charge on any atom is -0.530 e. The zero-order chi connectivity index (χ0) is 22.2. The molecule has 0 aromatic heterocycles. The van der Waals surface area contributed by atoms with Crippen molar-refractivity contribution in [3.8, 4) is 0 Å². The molecule has 28 heavy (non-hydrogen) atoms. The number of carboxylic acids is 2. The molecule has 158 valence electrons. The average Bonchev–Trinajstić information content (AvgIpc) is 2.54. The number of carbonyl (C=O) groups excluding carboxylic acids is 2. The van der Waals surface area contributed by atoms with Crippen LogP contribution in [0.4, 0.5) is 4.79 Å². The normalized spacial score (nSPS) is 21.2. The molecule has 0 bridgehead atoms. The van der Waals surface area contributed by atoms with Crippen molar-refractivity contribution in [2.45, 2.75) is 57.7 Å². The Kier molecular flexibility index (Phi) is 9.24. The Balaban J connectivity index is 0.00000105. The van der Waals surface area contributed by atoms with Gasteiger partial charge in [0.25, 0.3) is 0 Å². The standard InChI is InChI=1S/C14H25N5O3.C2H2O4/c1-14(2,3)19(13(21)22)11-8-9(12(20)18(4)5)6-7-10(11)16-17-15;3-1(4)2(5)6/h9-11H,6-8H2,1-5H3,(H,21,22);(H,3,4)(H,5,6)/p-1/t9-,10-,11+;/m0./s1. The van der Waals surface area contributed by atoms with Crippen molar-refractivity contribution in [1.82, 2.24) is 9.80 Å². The number of hydrogen-bond acceptors (Lipinski definition) is 6. The van der Waals surface area contributed by atoms with E-state index in [9.17, 15) is 14.7 Å². The molecule has 0 aliphatic heterocycles. The smallest absolute Gasteiger partial charge is 0.414 e. The summed E-state index contributed by atoms with van der Waals surface area (Å²) in [7, 11) is 3.36. The van der Waals surface area contributed by atoms with E-state index in [1.165, 1.54) is 9.80 Å². The van der Waals surface area contributed by atoms with Crippen LogP contribution < -0.4 is 5.11 Å². The summed E-state index contributed by atoms with van der Waals surface area (Å²) < 4.78 is 0. The highest BCUT2D eigenvalue weighted by Crippen LogP contribution is 2.34. The summed E-state index contributed by atoms with van der Waals surface area (Å²) in [6, 6.07) is -1.03. The first-order valence-electron chi connectivity index (χ1n) is 8.45. The lowest BCUT2D eigenvalue weighted by Crippen LogP contribution is -2.61. The molecule has 0 saturated heterocycles. The summed E-state index contributed by atoms with van der Waals surface area (Å²) in [5, 5.41) is 30.1. The first-order chi connectivity index (χ1) is 12.7. The van der Waals surface area contributed by atoms with E-state index >= 15 is 0 Å². The van der Waals surface area contributed by atoms with Gasteiger partial charge in [-0.1, -0.05) is 5.11 Å². The molecule has 2 N–H and O–H groups in total. The van der Waals surface area contributed by atoms with E-state index < -0.39 is 35.7 Å². The second-order valence-electron chi connectivity index (χ2n) is 7.50. The summed E-state index contributed by atoms with van der Waals surface area (Å²) in [6.45, 7) is 5.27. The summed E-state index contributed by atoms with van der Waals surface area (Å²) in [6.07, 6.45) is 0.0982. The molecule has 1 aliphatic rings. The van der Waals surface area contributed by atoms with E-state index in [4.69, 9.17) is 25.3 Å². The molecule has 0 aromatic rings. The topological polar surface area (TPSA) is 187 Å². The lowest BCUT2D eigenvalue weighted by molar-refractivity contribution is -0.274. The van der Waals surface area contributed by atoms with Gasteiger partial charge < -0.3 is 29.9 Å². The van der Waals surface area contributed by atoms with E-state index in [2.05, 4.69) is 10.0 Å². The number of carboxylic acid groups (broad SMARTS) is 3. The van der Waals surface area contributed by atoms with Crippen LogP contribution in [0.2, 0.25) is 0 Å². The van der Waals surface area contributed by atoms with Crippen LogP contribution in [-0.2, 0) is 14.4 Å². The van der Waals surface area contributed by atoms with Crippen molar-refractivity contribution in [2.24, 2.45) is 11.0 Å². The van der Waals surface area contributed by atoms with Crippen molar-refractivity contribution < 1.29 is 34.5 Å². The summed E-state index contributed by atoms with van der Waals surface area (Å²) in [5.41, 5.74) is 8.03. The van der Waals surface area contributed by atoms with Crippen molar-refractivity contribution in [1.29, 1.82) is 0 Å². The van der Waals surface area contributed by atoms with E-state index in [1.807, 2.05) is 0 Å². The molecule has 0 radical (unpaired) electrons. The molecule has 0 spiro atoms. The lowest BCUT2D eigenvalue weighted by Gasteiger charge is -2.48. The number of carbonyl (C=O) groups is 4. The van der Waals surface area contributed by atoms with Gasteiger partial charge in [0.1, 0.15) is 6.09 Å². The first kappa shape index (κ1) is 25.0. The van der Waals surface area contributed by atoms with Crippen LogP contribution in [0.1, 0.15) is 40.0 Å². The van der Waals surface area contributed by atoms with Crippen molar-refractivity contribution >= 4 is 23.9 Å². The average molecular weight is 400 g/mol. The number of rotatable bonds is 3. The SMILES string of the molecule is CN(C)C(=O)[C@H]1CC[C@H](N=[N+]=[N-])[C@H](N(C(=O)[O-])C(C)(C)C)C1.O=C(O)C(=O)O. The van der Waals surface area contributed by atoms with Gasteiger partial charge >= 0.3 is 11.9 Å². The number of amides is 2. The second-order valence-corrected chi connectivity index (χ2v) is 7.50. The van der Waals surface area contributed by atoms with Crippen LogP contribution in [0.5, 0.6) is 0 Å². The number of nitrogens with zero attached hydrogens (tertiary/aromatic N) is 5. The Morgan fingerprint density at radius 1 is 1.11 bits per heavy atom. The number of hydrogen-bond donors (Lipinski definition) is 2. The fourth-order valence-corrected chi connectivity index (χ4v) is 3.11. The minimum atomic E-state index is -1.82. The molecule has 1 saturated carbocycles. The van der Waals surface area contributed by atoms with Gasteiger partial charge in [-0.15, -0.1) is 0 Å². The Hall–Kier alpha value is -3.01. The molecule has 12 heteroatoms. The molecule has 1 aliphatic carbocycles. The van der Waals surface area contributed by atoms with Gasteiger partial charge in [0.2, 0.25) is 5.91 Å². The third kappa shape index (κ3) is 7.31. The van der Waals surface area contributed by atoms with Gasteiger partial charge in [-0.25, -0.2) is 9.59 Å². The first-order valence-corrected chi connectivity index (χ1v) is 8.45. The molecular formula is C16H26N5O7-. The molecule has 12 nitrogen and oxygen atoms in total. The summed E-state index contributed by atoms with van der Waals surface area (Å²) >= 11 is 0. The quantitative estimate of drug-likeness (QED) is 0.299. The number of azide groups is 1. The molecular weight excluding hydrogens is 374 g/mol. The van der Waals surface area contributed by atoms with E-state index in [0.29, 0.717) is 19.3 Å². The van der Waals surface area contributed by atoms with Gasteiger partial charge in [-0.3, -0.25) is 4.79 Å². The molecule has 1 fully saturated rings. The molecule has 2 amide bonds. The zero-order valence-corrected chi connectivity index (χ0v) is 16.5. The van der Waals surface area contributed by atoms with Crippen molar-refractivity contribution in [2.75, 3.05) is 14.1 Å². The van der Waals surface area contributed by atoms with Gasteiger partial charge in [0, 0.05) is 36.5 Å². The highest BCUT2D eigenvalue weighted by atomic mass is 16.4. The Bertz CT molecular complexity index is 640. The summed E-state index contributed by atoms with van der Waals surface area (Å²) in [4.78, 5) is 47.5. The third-order valence-electron chi connectivity index (χ3n) is 4.21. The van der Waals surface area contributed by atoms with Crippen LogP contribution in [0.25, 0.3) is 10.4 Å². The van der Waals surface area contributed by atoms with Gasteiger partial charge in [0.05, 0.1) is 6.04 Å². The van der Waals surface area contributed by atoms with Crippen LogP contribution in [-0.4, -0.2) is 75.7 Å². The van der Waals surface area contributed by atoms with E-state index in [1.54, 1.807) is 34.9 Å². The largest absolute Gasteiger partial charge is 0.530 e. The van der Waals surface area contributed by atoms with E-state index in [-0.39, 0.29) is 11.8 Å². The molecule has 3 atom stereocenters. The third-order valence-corrected chi connectivity index (χ3v) is 4.21. The second kappa shape index (κ2) is 10.4. The van der Waals surface area contributed by atoms with Crippen LogP contribution in [0.15, 0.2) is 5.11 Å². The highest BCUT2D eigenvalue weighted by Gasteiger charge is 2.40. The van der Waals surface area contributed by atoms with E-state index in [0.717, 1.165) is 0 Å². The van der Waals surface area contributed by atoms with Crippen molar-refractivity contribution in [3.05, 3.63) is 10.4 Å². The maximum absolute atomic E-state index is 12.2. The Morgan fingerprint density at radius 3 is 1.93 bits per heavy atom.